The van der Waals surface area contributed by atoms with Crippen LogP contribution in [-0.4, -0.2) is 29.0 Å². The molecular formula is C12H23NO3. The lowest BCUT2D eigenvalue weighted by molar-refractivity contribution is 0.181. The first kappa shape index (κ1) is 13.3. The quantitative estimate of drug-likeness (QED) is 0.612. The van der Waals surface area contributed by atoms with Crippen LogP contribution in [0.15, 0.2) is 0 Å². The molecule has 1 saturated carbocycles. The van der Waals surface area contributed by atoms with Gasteiger partial charge in [-0.25, -0.2) is 4.79 Å². The number of unbranched alkanes of at least 4 members (excludes halogenated alkanes) is 2. The van der Waals surface area contributed by atoms with Crippen molar-refractivity contribution >= 4 is 6.09 Å². The Kier molecular flexibility index (Phi) is 6.23. The second-order valence-electron chi connectivity index (χ2n) is 4.74. The van der Waals surface area contributed by atoms with E-state index in [0.717, 1.165) is 44.4 Å². The second kappa shape index (κ2) is 7.49. The molecule has 0 saturated heterocycles. The summed E-state index contributed by atoms with van der Waals surface area (Å²) >= 11 is 0. The van der Waals surface area contributed by atoms with Gasteiger partial charge < -0.3 is 15.5 Å². The standard InChI is InChI=1S/C12H23NO3/c14-9-3-1-2-4-10-5-7-11(8-6-10)13-12(15)16/h10-11,13-14H,1-9H2,(H,15,16)/t10-,11-. The Bertz CT molecular complexity index is 200. The topological polar surface area (TPSA) is 69.6 Å². The maximum atomic E-state index is 10.5. The second-order valence-corrected chi connectivity index (χ2v) is 4.74. The fraction of sp³-hybridized carbons (Fsp3) is 0.917. The van der Waals surface area contributed by atoms with Crippen molar-refractivity contribution in [2.24, 2.45) is 5.92 Å². The van der Waals surface area contributed by atoms with Gasteiger partial charge >= 0.3 is 6.09 Å². The van der Waals surface area contributed by atoms with Gasteiger partial charge in [-0.15, -0.1) is 0 Å². The average Bonchev–Trinajstić information content (AvgIpc) is 2.26. The number of carbonyl (C=O) groups is 1. The van der Waals surface area contributed by atoms with Crippen LogP contribution in [-0.2, 0) is 0 Å². The summed E-state index contributed by atoms with van der Waals surface area (Å²) in [7, 11) is 0. The van der Waals surface area contributed by atoms with Gasteiger partial charge in [-0.2, -0.15) is 0 Å². The molecule has 94 valence electrons. The van der Waals surface area contributed by atoms with Gasteiger partial charge in [0.25, 0.3) is 0 Å². The predicted molar refractivity (Wildman–Crippen MR) is 62.5 cm³/mol. The van der Waals surface area contributed by atoms with Gasteiger partial charge in [-0.1, -0.05) is 19.3 Å². The summed E-state index contributed by atoms with van der Waals surface area (Å²) in [6, 6.07) is 0.172. The molecule has 1 aliphatic carbocycles. The van der Waals surface area contributed by atoms with E-state index in [1.54, 1.807) is 0 Å². The molecule has 0 aliphatic heterocycles. The van der Waals surface area contributed by atoms with Gasteiger partial charge in [-0.05, 0) is 38.0 Å². The fourth-order valence-electron chi connectivity index (χ4n) is 2.49. The van der Waals surface area contributed by atoms with Crippen molar-refractivity contribution < 1.29 is 15.0 Å². The molecule has 0 heterocycles. The summed E-state index contributed by atoms with van der Waals surface area (Å²) in [5, 5.41) is 19.8. The highest BCUT2D eigenvalue weighted by atomic mass is 16.4. The lowest BCUT2D eigenvalue weighted by Crippen LogP contribution is -2.36. The van der Waals surface area contributed by atoms with Gasteiger partial charge in [0.2, 0.25) is 0 Å². The average molecular weight is 229 g/mol. The first-order valence-corrected chi connectivity index (χ1v) is 6.32. The Balaban J connectivity index is 2.05. The van der Waals surface area contributed by atoms with Crippen molar-refractivity contribution in [2.45, 2.75) is 57.4 Å². The maximum Gasteiger partial charge on any atom is 0.404 e. The molecule has 0 bridgehead atoms. The summed E-state index contributed by atoms with van der Waals surface area (Å²) < 4.78 is 0. The Hall–Kier alpha value is -0.770. The van der Waals surface area contributed by atoms with Crippen molar-refractivity contribution in [1.82, 2.24) is 5.32 Å². The van der Waals surface area contributed by atoms with Crippen LogP contribution in [0.1, 0.15) is 51.4 Å². The summed E-state index contributed by atoms with van der Waals surface area (Å²) in [5.74, 6) is 0.769. The van der Waals surface area contributed by atoms with E-state index in [1.165, 1.54) is 12.8 Å². The predicted octanol–water partition coefficient (Wildman–Crippen LogP) is 2.37. The summed E-state index contributed by atoms with van der Waals surface area (Å²) in [6.45, 7) is 0.301. The Labute approximate surface area is 97.0 Å². The number of aliphatic hydroxyl groups excluding tert-OH is 1. The van der Waals surface area contributed by atoms with E-state index in [0.29, 0.717) is 6.61 Å². The van der Waals surface area contributed by atoms with E-state index in [1.807, 2.05) is 0 Å². The lowest BCUT2D eigenvalue weighted by atomic mass is 9.83. The van der Waals surface area contributed by atoms with Crippen LogP contribution < -0.4 is 5.32 Å². The smallest absolute Gasteiger partial charge is 0.404 e. The Morgan fingerprint density at radius 3 is 2.38 bits per heavy atom. The largest absolute Gasteiger partial charge is 0.465 e. The van der Waals surface area contributed by atoms with E-state index < -0.39 is 6.09 Å². The number of rotatable bonds is 6. The minimum Gasteiger partial charge on any atom is -0.465 e. The molecule has 3 N–H and O–H groups in total. The number of amides is 1. The molecule has 0 radical (unpaired) electrons. The van der Waals surface area contributed by atoms with Crippen LogP contribution >= 0.6 is 0 Å². The van der Waals surface area contributed by atoms with E-state index in [9.17, 15) is 4.79 Å². The van der Waals surface area contributed by atoms with Crippen molar-refractivity contribution in [3.8, 4) is 0 Å². The molecule has 4 nitrogen and oxygen atoms in total. The van der Waals surface area contributed by atoms with Crippen molar-refractivity contribution in [1.29, 1.82) is 0 Å². The van der Waals surface area contributed by atoms with Crippen LogP contribution in [0.25, 0.3) is 0 Å². The molecule has 0 aromatic heterocycles. The van der Waals surface area contributed by atoms with Gasteiger partial charge in [0, 0.05) is 12.6 Å². The minimum atomic E-state index is -0.897. The molecule has 0 unspecified atom stereocenters. The molecule has 0 aromatic carbocycles. The van der Waals surface area contributed by atoms with Crippen molar-refractivity contribution in [2.75, 3.05) is 6.61 Å². The van der Waals surface area contributed by atoms with Crippen molar-refractivity contribution in [3.63, 3.8) is 0 Å². The zero-order chi connectivity index (χ0) is 11.8. The molecule has 4 heteroatoms. The van der Waals surface area contributed by atoms with Crippen LogP contribution in [0.3, 0.4) is 0 Å². The highest BCUT2D eigenvalue weighted by Crippen LogP contribution is 2.28. The maximum absolute atomic E-state index is 10.5. The number of carboxylic acid groups (broad SMARTS) is 1. The number of hydrogen-bond acceptors (Lipinski definition) is 2. The number of nitrogens with one attached hydrogen (secondary N) is 1. The summed E-state index contributed by atoms with van der Waals surface area (Å²) in [6.07, 6.45) is 7.82. The van der Waals surface area contributed by atoms with Gasteiger partial charge in [-0.3, -0.25) is 0 Å². The van der Waals surface area contributed by atoms with Crippen LogP contribution in [0, 0.1) is 5.92 Å². The molecule has 0 aromatic rings. The highest BCUT2D eigenvalue weighted by Gasteiger charge is 2.21. The number of hydrogen-bond donors (Lipinski definition) is 3. The van der Waals surface area contributed by atoms with E-state index in [4.69, 9.17) is 10.2 Å². The van der Waals surface area contributed by atoms with E-state index >= 15 is 0 Å². The zero-order valence-corrected chi connectivity index (χ0v) is 9.82. The van der Waals surface area contributed by atoms with Crippen LogP contribution in [0.4, 0.5) is 4.79 Å². The molecule has 0 spiro atoms. The normalized spacial score (nSPS) is 25.3. The third-order valence-corrected chi connectivity index (χ3v) is 3.44. The Morgan fingerprint density at radius 1 is 1.12 bits per heavy atom. The molecule has 1 amide bonds. The van der Waals surface area contributed by atoms with Gasteiger partial charge in [0.15, 0.2) is 0 Å². The first-order chi connectivity index (χ1) is 7.72. The first-order valence-electron chi connectivity index (χ1n) is 6.32. The fourth-order valence-corrected chi connectivity index (χ4v) is 2.49. The lowest BCUT2D eigenvalue weighted by Gasteiger charge is -2.28. The third kappa shape index (κ3) is 5.35. The number of aliphatic hydroxyl groups is 1. The zero-order valence-electron chi connectivity index (χ0n) is 9.82. The van der Waals surface area contributed by atoms with Gasteiger partial charge in [0.05, 0.1) is 0 Å². The molecule has 1 fully saturated rings. The molecular weight excluding hydrogens is 206 g/mol. The van der Waals surface area contributed by atoms with E-state index in [-0.39, 0.29) is 6.04 Å². The molecule has 1 rings (SSSR count). The van der Waals surface area contributed by atoms with E-state index in [2.05, 4.69) is 5.32 Å². The Morgan fingerprint density at radius 2 is 1.81 bits per heavy atom. The van der Waals surface area contributed by atoms with Crippen LogP contribution in [0.5, 0.6) is 0 Å². The molecule has 1 aliphatic rings. The minimum absolute atomic E-state index is 0.172. The molecule has 16 heavy (non-hydrogen) atoms. The van der Waals surface area contributed by atoms with Gasteiger partial charge in [0.1, 0.15) is 0 Å². The molecule has 0 atom stereocenters. The van der Waals surface area contributed by atoms with Crippen molar-refractivity contribution in [3.05, 3.63) is 0 Å². The summed E-state index contributed by atoms with van der Waals surface area (Å²) in [4.78, 5) is 10.5. The monoisotopic (exact) mass is 229 g/mol. The summed E-state index contributed by atoms with van der Waals surface area (Å²) in [5.41, 5.74) is 0. The highest BCUT2D eigenvalue weighted by molar-refractivity contribution is 5.64. The van der Waals surface area contributed by atoms with Crippen LogP contribution in [0.2, 0.25) is 0 Å². The SMILES string of the molecule is O=C(O)N[C@H]1CC[C@H](CCCCCO)CC1. The third-order valence-electron chi connectivity index (χ3n) is 3.44.